The van der Waals surface area contributed by atoms with E-state index in [0.717, 1.165) is 35.9 Å². The lowest BCUT2D eigenvalue weighted by Crippen LogP contribution is -2.33. The van der Waals surface area contributed by atoms with Crippen LogP contribution in [0, 0.1) is 19.7 Å². The summed E-state index contributed by atoms with van der Waals surface area (Å²) in [4.78, 5) is 15.0. The van der Waals surface area contributed by atoms with Gasteiger partial charge < -0.3 is 5.32 Å². The molecule has 0 radical (unpaired) electrons. The number of halogens is 1. The molecule has 4 rings (SSSR count). The summed E-state index contributed by atoms with van der Waals surface area (Å²) in [6, 6.07) is 12.3. The van der Waals surface area contributed by atoms with E-state index in [1.807, 2.05) is 36.6 Å². The molecule has 2 heterocycles. The molecule has 1 atom stereocenters. The normalized spacial score (nSPS) is 15.4. The summed E-state index contributed by atoms with van der Waals surface area (Å²) in [6.45, 7) is 8.25. The smallest absolute Gasteiger partial charge is 0.234 e. The van der Waals surface area contributed by atoms with Crippen LogP contribution in [-0.4, -0.2) is 44.4 Å². The molecular formula is C25H30FN5OS. The fourth-order valence-corrected chi connectivity index (χ4v) is 4.85. The molecule has 6 nitrogen and oxygen atoms in total. The van der Waals surface area contributed by atoms with Crippen LogP contribution in [0.15, 0.2) is 47.6 Å². The second-order valence-electron chi connectivity index (χ2n) is 8.56. The maximum Gasteiger partial charge on any atom is 0.234 e. The summed E-state index contributed by atoms with van der Waals surface area (Å²) in [5.41, 5.74) is 3.89. The molecular weight excluding hydrogens is 437 g/mol. The van der Waals surface area contributed by atoms with Crippen LogP contribution in [0.4, 0.5) is 10.1 Å². The largest absolute Gasteiger partial charge is 0.325 e. The number of rotatable bonds is 7. The summed E-state index contributed by atoms with van der Waals surface area (Å²) in [5, 5.41) is 12.5. The standard InChI is InChI=1S/C25H30FN5OS/c1-17-7-10-21(15-18(17)2)27-23(32)16-33-25-29-28-24(19(3)30-13-5-4-6-14-30)31(25)22-11-8-20(26)9-12-22/h7-12,15,19H,4-6,13-14,16H2,1-3H3,(H,27,32). The number of carbonyl (C=O) groups is 1. The number of likely N-dealkylation sites (tertiary alicyclic amines) is 1. The zero-order chi connectivity index (χ0) is 23.4. The van der Waals surface area contributed by atoms with Crippen molar-refractivity contribution >= 4 is 23.4 Å². The van der Waals surface area contributed by atoms with Crippen LogP contribution in [-0.2, 0) is 4.79 Å². The zero-order valence-corrected chi connectivity index (χ0v) is 20.2. The highest BCUT2D eigenvalue weighted by Gasteiger charge is 2.25. The molecule has 0 spiro atoms. The van der Waals surface area contributed by atoms with Gasteiger partial charge in [-0.15, -0.1) is 10.2 Å². The molecule has 1 fully saturated rings. The maximum atomic E-state index is 13.6. The van der Waals surface area contributed by atoms with Crippen molar-refractivity contribution in [2.75, 3.05) is 24.2 Å². The number of thioether (sulfide) groups is 1. The average Bonchev–Trinajstić information content (AvgIpc) is 3.24. The number of nitrogens with one attached hydrogen (secondary N) is 1. The quantitative estimate of drug-likeness (QED) is 0.478. The molecule has 0 aliphatic carbocycles. The van der Waals surface area contributed by atoms with Crippen molar-refractivity contribution in [2.24, 2.45) is 0 Å². The number of amides is 1. The molecule has 1 amide bonds. The van der Waals surface area contributed by atoms with E-state index < -0.39 is 0 Å². The van der Waals surface area contributed by atoms with Gasteiger partial charge in [0.05, 0.1) is 11.8 Å². The summed E-state index contributed by atoms with van der Waals surface area (Å²) >= 11 is 1.33. The van der Waals surface area contributed by atoms with Gasteiger partial charge in [-0.1, -0.05) is 24.2 Å². The number of nitrogens with zero attached hydrogens (tertiary/aromatic N) is 4. The van der Waals surface area contributed by atoms with E-state index in [2.05, 4.69) is 27.3 Å². The van der Waals surface area contributed by atoms with Crippen molar-refractivity contribution < 1.29 is 9.18 Å². The first-order valence-electron chi connectivity index (χ1n) is 11.4. The van der Waals surface area contributed by atoms with E-state index in [9.17, 15) is 9.18 Å². The summed E-state index contributed by atoms with van der Waals surface area (Å²) in [5.74, 6) is 0.604. The highest BCUT2D eigenvalue weighted by Crippen LogP contribution is 2.29. The first-order chi connectivity index (χ1) is 15.9. The molecule has 1 saturated heterocycles. The van der Waals surface area contributed by atoms with Gasteiger partial charge in [0, 0.05) is 11.4 Å². The van der Waals surface area contributed by atoms with E-state index in [1.165, 1.54) is 48.7 Å². The lowest BCUT2D eigenvalue weighted by molar-refractivity contribution is -0.113. The van der Waals surface area contributed by atoms with Crippen LogP contribution in [0.1, 0.15) is 49.2 Å². The van der Waals surface area contributed by atoms with E-state index in [4.69, 9.17) is 0 Å². The molecule has 174 valence electrons. The van der Waals surface area contributed by atoms with E-state index >= 15 is 0 Å². The van der Waals surface area contributed by atoms with Crippen LogP contribution < -0.4 is 5.32 Å². The summed E-state index contributed by atoms with van der Waals surface area (Å²) < 4.78 is 15.5. The van der Waals surface area contributed by atoms with Gasteiger partial charge in [0.25, 0.3) is 0 Å². The van der Waals surface area contributed by atoms with Crippen LogP contribution in [0.3, 0.4) is 0 Å². The second kappa shape index (κ2) is 10.5. The Bertz CT molecular complexity index is 1110. The maximum absolute atomic E-state index is 13.6. The Hall–Kier alpha value is -2.71. The van der Waals surface area contributed by atoms with Gasteiger partial charge >= 0.3 is 0 Å². The summed E-state index contributed by atoms with van der Waals surface area (Å²) in [6.07, 6.45) is 3.61. The van der Waals surface area contributed by atoms with Crippen molar-refractivity contribution in [3.63, 3.8) is 0 Å². The third-order valence-electron chi connectivity index (χ3n) is 6.18. The van der Waals surface area contributed by atoms with Crippen LogP contribution in [0.5, 0.6) is 0 Å². The van der Waals surface area contributed by atoms with Gasteiger partial charge in [-0.3, -0.25) is 14.3 Å². The molecule has 33 heavy (non-hydrogen) atoms. The Morgan fingerprint density at radius 1 is 1.06 bits per heavy atom. The second-order valence-corrected chi connectivity index (χ2v) is 9.50. The number of hydrogen-bond acceptors (Lipinski definition) is 5. The van der Waals surface area contributed by atoms with Crippen molar-refractivity contribution in [3.05, 3.63) is 65.2 Å². The Morgan fingerprint density at radius 2 is 1.79 bits per heavy atom. The number of aryl methyl sites for hydroxylation is 2. The zero-order valence-electron chi connectivity index (χ0n) is 19.3. The van der Waals surface area contributed by atoms with Gasteiger partial charge in [0.2, 0.25) is 5.91 Å². The van der Waals surface area contributed by atoms with Crippen LogP contribution in [0.2, 0.25) is 0 Å². The highest BCUT2D eigenvalue weighted by molar-refractivity contribution is 7.99. The van der Waals surface area contributed by atoms with Gasteiger partial charge in [-0.2, -0.15) is 0 Å². The monoisotopic (exact) mass is 467 g/mol. The molecule has 2 aromatic carbocycles. The minimum absolute atomic E-state index is 0.0709. The Kier molecular flexibility index (Phi) is 7.45. The molecule has 1 aromatic heterocycles. The van der Waals surface area contributed by atoms with E-state index in [1.54, 1.807) is 12.1 Å². The molecule has 1 N–H and O–H groups in total. The molecule has 1 aliphatic rings. The number of hydrogen-bond donors (Lipinski definition) is 1. The average molecular weight is 468 g/mol. The number of benzene rings is 2. The van der Waals surface area contributed by atoms with Crippen molar-refractivity contribution in [1.29, 1.82) is 0 Å². The fraction of sp³-hybridized carbons (Fsp3) is 0.400. The number of piperidine rings is 1. The Balaban J connectivity index is 1.54. The molecule has 0 bridgehead atoms. The van der Waals surface area contributed by atoms with Crippen LogP contribution >= 0.6 is 11.8 Å². The van der Waals surface area contributed by atoms with Gasteiger partial charge in [0.1, 0.15) is 5.82 Å². The first kappa shape index (κ1) is 23.4. The van der Waals surface area contributed by atoms with Gasteiger partial charge in [0.15, 0.2) is 11.0 Å². The lowest BCUT2D eigenvalue weighted by atomic mass is 10.1. The number of anilines is 1. The predicted octanol–water partition coefficient (Wildman–Crippen LogP) is 5.30. The van der Waals surface area contributed by atoms with E-state index in [-0.39, 0.29) is 23.5 Å². The minimum Gasteiger partial charge on any atom is -0.325 e. The van der Waals surface area contributed by atoms with Gasteiger partial charge in [-0.25, -0.2) is 4.39 Å². The summed E-state index contributed by atoms with van der Waals surface area (Å²) in [7, 11) is 0. The highest BCUT2D eigenvalue weighted by atomic mass is 32.2. The van der Waals surface area contributed by atoms with Crippen molar-refractivity contribution in [2.45, 2.75) is 51.2 Å². The third-order valence-corrected chi connectivity index (χ3v) is 7.11. The van der Waals surface area contributed by atoms with Crippen molar-refractivity contribution in [1.82, 2.24) is 19.7 Å². The van der Waals surface area contributed by atoms with Gasteiger partial charge in [-0.05, 0) is 94.2 Å². The number of aromatic nitrogens is 3. The molecule has 0 saturated carbocycles. The fourth-order valence-electron chi connectivity index (χ4n) is 4.09. The Morgan fingerprint density at radius 3 is 2.48 bits per heavy atom. The predicted molar refractivity (Wildman–Crippen MR) is 130 cm³/mol. The SMILES string of the molecule is Cc1ccc(NC(=O)CSc2nnc(C(C)N3CCCCC3)n2-c2ccc(F)cc2)cc1C. The minimum atomic E-state index is -0.292. The molecule has 8 heteroatoms. The topological polar surface area (TPSA) is 63.1 Å². The van der Waals surface area contributed by atoms with Crippen LogP contribution in [0.25, 0.3) is 5.69 Å². The third kappa shape index (κ3) is 5.62. The first-order valence-corrected chi connectivity index (χ1v) is 12.4. The molecule has 1 aliphatic heterocycles. The molecule has 3 aromatic rings. The van der Waals surface area contributed by atoms with E-state index in [0.29, 0.717) is 5.16 Å². The number of carbonyl (C=O) groups excluding carboxylic acids is 1. The van der Waals surface area contributed by atoms with Crippen molar-refractivity contribution in [3.8, 4) is 5.69 Å². The Labute approximate surface area is 198 Å². The molecule has 1 unspecified atom stereocenters. The lowest BCUT2D eigenvalue weighted by Gasteiger charge is -2.31.